The number of aromatic nitrogens is 2. The molecule has 0 aliphatic rings. The van der Waals surface area contributed by atoms with Gasteiger partial charge < -0.3 is 9.90 Å². The molecule has 2 aromatic rings. The van der Waals surface area contributed by atoms with E-state index < -0.39 is 22.0 Å². The van der Waals surface area contributed by atoms with Crippen LogP contribution in [0.5, 0.6) is 0 Å². The first-order chi connectivity index (χ1) is 9.95. The number of carboxylic acids is 1. The van der Waals surface area contributed by atoms with Gasteiger partial charge in [-0.3, -0.25) is 0 Å². The number of benzene rings is 1. The standard InChI is InChI=1S/C11H13N3O4S3/c1-19-6-5-8(11(15)16)14-21(17,18)9-4-2-3-7-10(9)13-20-12-7/h2-4,8,14H,5-6H2,1H3,(H,15,16)/p-1/t8-/m0/s1. The molecule has 1 aromatic carbocycles. The van der Waals surface area contributed by atoms with E-state index in [2.05, 4.69) is 13.5 Å². The molecule has 0 fully saturated rings. The number of fused-ring (bicyclic) bond motifs is 1. The number of carbonyl (C=O) groups excluding carboxylic acids is 1. The maximum Gasteiger partial charge on any atom is 0.243 e. The zero-order valence-corrected chi connectivity index (χ0v) is 13.4. The van der Waals surface area contributed by atoms with Crippen molar-refractivity contribution in [2.75, 3.05) is 12.0 Å². The van der Waals surface area contributed by atoms with Crippen molar-refractivity contribution >= 4 is 50.5 Å². The molecule has 0 radical (unpaired) electrons. The summed E-state index contributed by atoms with van der Waals surface area (Å²) < 4.78 is 34.8. The summed E-state index contributed by atoms with van der Waals surface area (Å²) in [4.78, 5) is 11.0. The van der Waals surface area contributed by atoms with Crippen LogP contribution in [0.25, 0.3) is 11.0 Å². The van der Waals surface area contributed by atoms with Crippen molar-refractivity contribution in [2.24, 2.45) is 0 Å². The molecule has 114 valence electrons. The van der Waals surface area contributed by atoms with E-state index in [9.17, 15) is 18.3 Å². The Hall–Kier alpha value is -1.23. The summed E-state index contributed by atoms with van der Waals surface area (Å²) in [5.41, 5.74) is 0.689. The zero-order valence-electron chi connectivity index (χ0n) is 11.0. The van der Waals surface area contributed by atoms with Crippen LogP contribution in [-0.2, 0) is 14.8 Å². The molecule has 0 spiro atoms. The third-order valence-electron chi connectivity index (χ3n) is 2.73. The number of nitrogens with zero attached hydrogens (tertiary/aromatic N) is 2. The van der Waals surface area contributed by atoms with Crippen LogP contribution in [0.3, 0.4) is 0 Å². The van der Waals surface area contributed by atoms with E-state index in [-0.39, 0.29) is 16.8 Å². The Labute approximate surface area is 130 Å². The third-order valence-corrected chi connectivity index (χ3v) is 5.42. The SMILES string of the molecule is CSCC[C@H](NS(=O)(=O)c1cccc2nsnc12)C(=O)[O-]. The van der Waals surface area contributed by atoms with Gasteiger partial charge in [-0.05, 0) is 30.6 Å². The Morgan fingerprint density at radius 2 is 2.24 bits per heavy atom. The van der Waals surface area contributed by atoms with Gasteiger partial charge in [0.2, 0.25) is 10.0 Å². The quantitative estimate of drug-likeness (QED) is 0.741. The van der Waals surface area contributed by atoms with Crippen molar-refractivity contribution in [3.8, 4) is 0 Å². The Morgan fingerprint density at radius 3 is 2.90 bits per heavy atom. The van der Waals surface area contributed by atoms with Gasteiger partial charge in [0.1, 0.15) is 15.9 Å². The number of hydrogen-bond acceptors (Lipinski definition) is 8. The van der Waals surface area contributed by atoms with Gasteiger partial charge in [0.15, 0.2) is 0 Å². The molecule has 7 nitrogen and oxygen atoms in total. The molecule has 0 aliphatic heterocycles. The summed E-state index contributed by atoms with van der Waals surface area (Å²) in [7, 11) is -4.01. The van der Waals surface area contributed by atoms with E-state index in [0.717, 1.165) is 11.7 Å². The lowest BCUT2D eigenvalue weighted by Crippen LogP contribution is -2.48. The molecule has 0 unspecified atom stereocenters. The fourth-order valence-electron chi connectivity index (χ4n) is 1.71. The summed E-state index contributed by atoms with van der Waals surface area (Å²) in [6.45, 7) is 0. The van der Waals surface area contributed by atoms with E-state index in [1.807, 2.05) is 6.26 Å². The van der Waals surface area contributed by atoms with Gasteiger partial charge in [-0.25, -0.2) is 13.1 Å². The van der Waals surface area contributed by atoms with Gasteiger partial charge in [-0.15, -0.1) is 0 Å². The monoisotopic (exact) mass is 346 g/mol. The average molecular weight is 346 g/mol. The van der Waals surface area contributed by atoms with Crippen LogP contribution in [0, 0.1) is 0 Å². The fourth-order valence-corrected chi connectivity index (χ4v) is 4.17. The number of carbonyl (C=O) groups is 1. The molecule has 0 amide bonds. The minimum atomic E-state index is -4.01. The van der Waals surface area contributed by atoms with Gasteiger partial charge >= 0.3 is 0 Å². The molecule has 1 heterocycles. The Balaban J connectivity index is 2.33. The number of hydrogen-bond donors (Lipinski definition) is 1. The zero-order chi connectivity index (χ0) is 15.5. The lowest BCUT2D eigenvalue weighted by molar-refractivity contribution is -0.308. The molecule has 1 N–H and O–H groups in total. The van der Waals surface area contributed by atoms with Crippen LogP contribution in [0.1, 0.15) is 6.42 Å². The van der Waals surface area contributed by atoms with E-state index >= 15 is 0 Å². The summed E-state index contributed by atoms with van der Waals surface area (Å²) in [6, 6.07) is 3.27. The van der Waals surface area contributed by atoms with Crippen molar-refractivity contribution in [3.63, 3.8) is 0 Å². The summed E-state index contributed by atoms with van der Waals surface area (Å²) in [5.74, 6) is -0.944. The normalized spacial score (nSPS) is 13.4. The van der Waals surface area contributed by atoms with Crippen LogP contribution in [0.15, 0.2) is 23.1 Å². The number of sulfonamides is 1. The Bertz CT molecular complexity index is 744. The highest BCUT2D eigenvalue weighted by atomic mass is 32.2. The molecule has 0 saturated carbocycles. The number of rotatable bonds is 7. The molecular formula is C11H12N3O4S3-. The van der Waals surface area contributed by atoms with Gasteiger partial charge in [-0.1, -0.05) is 6.07 Å². The van der Waals surface area contributed by atoms with Crippen molar-refractivity contribution in [2.45, 2.75) is 17.4 Å². The second-order valence-corrected chi connectivity index (χ2v) is 7.36. The Kier molecular flexibility index (Phi) is 5.14. The smallest absolute Gasteiger partial charge is 0.243 e. The highest BCUT2D eigenvalue weighted by molar-refractivity contribution is 7.98. The maximum atomic E-state index is 12.3. The predicted octanol–water partition coefficient (Wildman–Crippen LogP) is -0.159. The van der Waals surface area contributed by atoms with Crippen LogP contribution in [0.4, 0.5) is 0 Å². The number of nitrogens with one attached hydrogen (secondary N) is 1. The van der Waals surface area contributed by atoms with Gasteiger partial charge in [0.05, 0.1) is 23.7 Å². The van der Waals surface area contributed by atoms with E-state index in [1.54, 1.807) is 6.07 Å². The first kappa shape index (κ1) is 16.1. The van der Waals surface area contributed by atoms with Crippen molar-refractivity contribution in [1.29, 1.82) is 0 Å². The van der Waals surface area contributed by atoms with E-state index in [0.29, 0.717) is 11.3 Å². The average Bonchev–Trinajstić information content (AvgIpc) is 2.91. The molecular weight excluding hydrogens is 334 g/mol. The molecule has 1 atom stereocenters. The molecule has 2 rings (SSSR count). The lowest BCUT2D eigenvalue weighted by atomic mass is 10.2. The highest BCUT2D eigenvalue weighted by Gasteiger charge is 2.23. The second kappa shape index (κ2) is 6.69. The number of aliphatic carboxylic acids is 1. The number of thioether (sulfide) groups is 1. The summed E-state index contributed by atoms with van der Waals surface area (Å²) in [5, 5.41) is 11.1. The van der Waals surface area contributed by atoms with Crippen molar-refractivity contribution in [1.82, 2.24) is 13.5 Å². The second-order valence-electron chi connectivity index (χ2n) is 4.16. The molecule has 0 aliphatic carbocycles. The van der Waals surface area contributed by atoms with E-state index in [4.69, 9.17) is 0 Å². The predicted molar refractivity (Wildman–Crippen MR) is 79.5 cm³/mol. The number of carboxylic acid groups (broad SMARTS) is 1. The third kappa shape index (κ3) is 3.70. The molecule has 0 saturated heterocycles. The molecule has 1 aromatic heterocycles. The highest BCUT2D eigenvalue weighted by Crippen LogP contribution is 2.21. The Morgan fingerprint density at radius 1 is 1.48 bits per heavy atom. The van der Waals surface area contributed by atoms with Crippen molar-refractivity contribution < 1.29 is 18.3 Å². The fraction of sp³-hybridized carbons (Fsp3) is 0.364. The lowest BCUT2D eigenvalue weighted by Gasteiger charge is -2.19. The minimum Gasteiger partial charge on any atom is -0.548 e. The van der Waals surface area contributed by atoms with Gasteiger partial charge in [0.25, 0.3) is 0 Å². The van der Waals surface area contributed by atoms with Crippen LogP contribution < -0.4 is 9.83 Å². The topological polar surface area (TPSA) is 112 Å². The summed E-state index contributed by atoms with van der Waals surface area (Å²) >= 11 is 2.32. The van der Waals surface area contributed by atoms with Gasteiger partial charge in [-0.2, -0.15) is 20.5 Å². The minimum absolute atomic E-state index is 0.0795. The largest absolute Gasteiger partial charge is 0.548 e. The van der Waals surface area contributed by atoms with Crippen LogP contribution in [-0.4, -0.2) is 41.2 Å². The maximum absolute atomic E-state index is 12.3. The van der Waals surface area contributed by atoms with E-state index in [1.165, 1.54) is 23.9 Å². The first-order valence-corrected chi connectivity index (χ1v) is 9.50. The molecule has 10 heteroatoms. The van der Waals surface area contributed by atoms with Gasteiger partial charge in [0, 0.05) is 0 Å². The first-order valence-electron chi connectivity index (χ1n) is 5.89. The summed E-state index contributed by atoms with van der Waals surface area (Å²) in [6.07, 6.45) is 1.95. The molecule has 21 heavy (non-hydrogen) atoms. The van der Waals surface area contributed by atoms with Crippen LogP contribution >= 0.6 is 23.5 Å². The van der Waals surface area contributed by atoms with Crippen LogP contribution in [0.2, 0.25) is 0 Å². The van der Waals surface area contributed by atoms with Crippen molar-refractivity contribution in [3.05, 3.63) is 18.2 Å². The molecule has 0 bridgehead atoms.